The van der Waals surface area contributed by atoms with E-state index in [0.29, 0.717) is 50.4 Å². The summed E-state index contributed by atoms with van der Waals surface area (Å²) >= 11 is 7.09. The van der Waals surface area contributed by atoms with Crippen LogP contribution in [0.15, 0.2) is 54.6 Å². The number of morpholine rings is 1. The van der Waals surface area contributed by atoms with Crippen molar-refractivity contribution in [3.63, 3.8) is 0 Å². The molecule has 0 saturated carbocycles. The number of hydrogen-bond acceptors (Lipinski definition) is 6. The lowest BCUT2D eigenvalue weighted by Crippen LogP contribution is -2.41. The Balaban J connectivity index is 1.56. The predicted octanol–water partition coefficient (Wildman–Crippen LogP) is 3.65. The number of para-hydroxylation sites is 1. The first kappa shape index (κ1) is 26.3. The summed E-state index contributed by atoms with van der Waals surface area (Å²) in [6, 6.07) is 15.0. The fourth-order valence-electron chi connectivity index (χ4n) is 3.78. The van der Waals surface area contributed by atoms with E-state index in [1.807, 2.05) is 0 Å². The Bertz CT molecular complexity index is 1340. The number of amides is 4. The maximum absolute atomic E-state index is 13.2. The molecular weight excluding hydrogens is 516 g/mol. The smallest absolute Gasteiger partial charge is 0.261 e. The van der Waals surface area contributed by atoms with Gasteiger partial charge in [0.15, 0.2) is 0 Å². The van der Waals surface area contributed by atoms with Crippen molar-refractivity contribution in [3.8, 4) is 0 Å². The molecule has 0 spiro atoms. The van der Waals surface area contributed by atoms with Crippen molar-refractivity contribution in [1.82, 2.24) is 10.2 Å². The van der Waals surface area contributed by atoms with E-state index in [1.165, 1.54) is 4.90 Å². The second-order valence-corrected chi connectivity index (χ2v) is 10.1. The van der Waals surface area contributed by atoms with Gasteiger partial charge in [-0.05, 0) is 48.0 Å². The SMILES string of the molecule is CN(C)C(=O)c1cccc(CNC(=O)c2ccc(Cl)s2)c1NC(=O)c1ccc(N2CCOCC2=O)cc1. The van der Waals surface area contributed by atoms with Gasteiger partial charge < -0.3 is 25.2 Å². The summed E-state index contributed by atoms with van der Waals surface area (Å²) < 4.78 is 5.66. The molecule has 3 aromatic rings. The lowest BCUT2D eigenvalue weighted by molar-refractivity contribution is -0.125. The maximum Gasteiger partial charge on any atom is 0.261 e. The zero-order valence-electron chi connectivity index (χ0n) is 20.2. The molecule has 192 valence electrons. The number of ether oxygens (including phenoxy) is 1. The predicted molar refractivity (Wildman–Crippen MR) is 143 cm³/mol. The molecule has 1 fully saturated rings. The van der Waals surface area contributed by atoms with E-state index in [4.69, 9.17) is 16.3 Å². The van der Waals surface area contributed by atoms with E-state index in [1.54, 1.807) is 73.6 Å². The standard InChI is InChI=1S/C26H25ClN4O5S/c1-30(2)26(35)19-5-3-4-17(14-28-25(34)20-10-11-21(27)37-20)23(19)29-24(33)16-6-8-18(9-7-16)31-12-13-36-15-22(31)32/h3-11H,12-15H2,1-2H3,(H,28,34)(H,29,33). The largest absolute Gasteiger partial charge is 0.370 e. The Morgan fingerprint density at radius 3 is 2.46 bits per heavy atom. The average molecular weight is 541 g/mol. The Kier molecular flexibility index (Phi) is 8.22. The number of nitrogens with one attached hydrogen (secondary N) is 2. The zero-order chi connectivity index (χ0) is 26.5. The molecule has 0 atom stereocenters. The summed E-state index contributed by atoms with van der Waals surface area (Å²) in [4.78, 5) is 54.2. The van der Waals surface area contributed by atoms with Crippen molar-refractivity contribution in [3.05, 3.63) is 80.5 Å². The van der Waals surface area contributed by atoms with Crippen molar-refractivity contribution < 1.29 is 23.9 Å². The fraction of sp³-hybridized carbons (Fsp3) is 0.231. The van der Waals surface area contributed by atoms with Crippen molar-refractivity contribution >= 4 is 57.9 Å². The lowest BCUT2D eigenvalue weighted by atomic mass is 10.0. The first-order valence-corrected chi connectivity index (χ1v) is 12.6. The molecule has 0 radical (unpaired) electrons. The minimum Gasteiger partial charge on any atom is -0.370 e. The molecule has 0 bridgehead atoms. The molecule has 0 unspecified atom stereocenters. The number of hydrogen-bond donors (Lipinski definition) is 2. The van der Waals surface area contributed by atoms with Crippen LogP contribution in [0, 0.1) is 0 Å². The minimum atomic E-state index is -0.434. The molecule has 11 heteroatoms. The van der Waals surface area contributed by atoms with Crippen LogP contribution in [-0.2, 0) is 16.1 Å². The average Bonchev–Trinajstić information content (AvgIpc) is 3.34. The Morgan fingerprint density at radius 1 is 1.05 bits per heavy atom. The van der Waals surface area contributed by atoms with E-state index >= 15 is 0 Å². The molecule has 1 saturated heterocycles. The fourth-order valence-corrected chi connectivity index (χ4v) is 4.74. The van der Waals surface area contributed by atoms with Crippen molar-refractivity contribution in [2.24, 2.45) is 0 Å². The summed E-state index contributed by atoms with van der Waals surface area (Å²) in [5.74, 6) is -1.19. The van der Waals surface area contributed by atoms with Gasteiger partial charge in [-0.1, -0.05) is 23.7 Å². The van der Waals surface area contributed by atoms with E-state index < -0.39 is 5.91 Å². The van der Waals surface area contributed by atoms with E-state index in [2.05, 4.69) is 10.6 Å². The van der Waals surface area contributed by atoms with Gasteiger partial charge in [-0.3, -0.25) is 19.2 Å². The summed E-state index contributed by atoms with van der Waals surface area (Å²) in [6.45, 7) is 0.995. The number of rotatable bonds is 7. The van der Waals surface area contributed by atoms with Gasteiger partial charge in [0.25, 0.3) is 23.6 Å². The molecule has 4 rings (SSSR count). The number of carbonyl (C=O) groups excluding carboxylic acids is 4. The highest BCUT2D eigenvalue weighted by molar-refractivity contribution is 7.18. The molecule has 2 N–H and O–H groups in total. The van der Waals surface area contributed by atoms with E-state index in [0.717, 1.165) is 11.3 Å². The highest BCUT2D eigenvalue weighted by Gasteiger charge is 2.22. The quantitative estimate of drug-likeness (QED) is 0.475. The molecule has 0 aliphatic carbocycles. The lowest BCUT2D eigenvalue weighted by Gasteiger charge is -2.26. The molecule has 2 aromatic carbocycles. The van der Waals surface area contributed by atoms with Crippen molar-refractivity contribution in [2.75, 3.05) is 44.1 Å². The van der Waals surface area contributed by atoms with Crippen LogP contribution < -0.4 is 15.5 Å². The van der Waals surface area contributed by atoms with E-state index in [9.17, 15) is 19.2 Å². The molecule has 1 aliphatic rings. The summed E-state index contributed by atoms with van der Waals surface area (Å²) in [5.41, 5.74) is 2.18. The molecular formula is C26H25ClN4O5S. The third-order valence-electron chi connectivity index (χ3n) is 5.69. The van der Waals surface area contributed by atoms with Crippen molar-refractivity contribution in [2.45, 2.75) is 6.54 Å². The van der Waals surface area contributed by atoms with Gasteiger partial charge >= 0.3 is 0 Å². The minimum absolute atomic E-state index is 0.0256. The Hall–Kier alpha value is -3.73. The van der Waals surface area contributed by atoms with Crippen LogP contribution in [0.25, 0.3) is 0 Å². The van der Waals surface area contributed by atoms with Crippen LogP contribution in [0.5, 0.6) is 0 Å². The van der Waals surface area contributed by atoms with Gasteiger partial charge in [0.2, 0.25) is 0 Å². The molecule has 4 amide bonds. The third-order valence-corrected chi connectivity index (χ3v) is 6.92. The normalized spacial score (nSPS) is 13.3. The summed E-state index contributed by atoms with van der Waals surface area (Å²) in [6.07, 6.45) is 0. The van der Waals surface area contributed by atoms with Crippen molar-refractivity contribution in [1.29, 1.82) is 0 Å². The van der Waals surface area contributed by atoms with Crippen LogP contribution in [0.4, 0.5) is 11.4 Å². The molecule has 9 nitrogen and oxygen atoms in total. The second-order valence-electron chi connectivity index (χ2n) is 8.42. The van der Waals surface area contributed by atoms with Crippen LogP contribution in [0.3, 0.4) is 0 Å². The van der Waals surface area contributed by atoms with Gasteiger partial charge in [-0.2, -0.15) is 0 Å². The van der Waals surface area contributed by atoms with Gasteiger partial charge in [0, 0.05) is 38.4 Å². The number of nitrogens with zero attached hydrogens (tertiary/aromatic N) is 2. The van der Waals surface area contributed by atoms with Gasteiger partial charge in [-0.15, -0.1) is 11.3 Å². The molecule has 1 aliphatic heterocycles. The third kappa shape index (κ3) is 6.16. The number of halogens is 1. The molecule has 2 heterocycles. The summed E-state index contributed by atoms with van der Waals surface area (Å²) in [5, 5.41) is 5.66. The maximum atomic E-state index is 13.2. The highest BCUT2D eigenvalue weighted by atomic mass is 35.5. The number of anilines is 2. The molecule has 37 heavy (non-hydrogen) atoms. The molecule has 1 aromatic heterocycles. The number of thiophene rings is 1. The van der Waals surface area contributed by atoms with Crippen LogP contribution in [0.1, 0.15) is 36.0 Å². The number of benzene rings is 2. The monoisotopic (exact) mass is 540 g/mol. The first-order chi connectivity index (χ1) is 17.7. The topological polar surface area (TPSA) is 108 Å². The van der Waals surface area contributed by atoms with Gasteiger partial charge in [0.1, 0.15) is 6.61 Å². The first-order valence-electron chi connectivity index (χ1n) is 11.4. The highest BCUT2D eigenvalue weighted by Crippen LogP contribution is 2.26. The van der Waals surface area contributed by atoms with Gasteiger partial charge in [0.05, 0.1) is 27.1 Å². The zero-order valence-corrected chi connectivity index (χ0v) is 21.8. The Labute approximate surface area is 223 Å². The second kappa shape index (κ2) is 11.5. The van der Waals surface area contributed by atoms with Gasteiger partial charge in [-0.25, -0.2) is 0 Å². The van der Waals surface area contributed by atoms with E-state index in [-0.39, 0.29) is 30.9 Å². The van der Waals surface area contributed by atoms with Crippen LogP contribution >= 0.6 is 22.9 Å². The Morgan fingerprint density at radius 2 is 1.81 bits per heavy atom. The summed E-state index contributed by atoms with van der Waals surface area (Å²) in [7, 11) is 3.24. The number of carbonyl (C=O) groups is 4. The van der Waals surface area contributed by atoms with Crippen LogP contribution in [0.2, 0.25) is 4.34 Å². The van der Waals surface area contributed by atoms with Crippen LogP contribution in [-0.4, -0.2) is 62.4 Å².